The van der Waals surface area contributed by atoms with E-state index in [9.17, 15) is 4.79 Å². The smallest absolute Gasteiger partial charge is 0.410 e. The summed E-state index contributed by atoms with van der Waals surface area (Å²) in [5.74, 6) is 0. The molecule has 1 saturated carbocycles. The molecule has 0 radical (unpaired) electrons. The minimum Gasteiger partial charge on any atom is -0.444 e. The summed E-state index contributed by atoms with van der Waals surface area (Å²) in [5, 5.41) is 0.516. The molecule has 0 atom stereocenters. The Hall–Kier alpha value is -1.42. The van der Waals surface area contributed by atoms with Gasteiger partial charge in [-0.05, 0) is 51.3 Å². The largest absolute Gasteiger partial charge is 0.444 e. The number of rotatable bonds is 3. The lowest BCUT2D eigenvalue weighted by atomic mass is 10.2. The van der Waals surface area contributed by atoms with Crippen molar-refractivity contribution in [2.45, 2.75) is 51.8 Å². The van der Waals surface area contributed by atoms with Gasteiger partial charge in [-0.15, -0.1) is 0 Å². The van der Waals surface area contributed by atoms with Crippen molar-refractivity contribution in [2.75, 3.05) is 5.73 Å². The molecule has 0 bridgehead atoms. The van der Waals surface area contributed by atoms with E-state index in [1.165, 1.54) is 0 Å². The van der Waals surface area contributed by atoms with E-state index in [0.29, 0.717) is 17.3 Å². The average Bonchev–Trinajstić information content (AvgIpc) is 3.12. The number of halogens is 1. The highest BCUT2D eigenvalue weighted by Gasteiger charge is 2.35. The highest BCUT2D eigenvalue weighted by Crippen LogP contribution is 2.30. The first-order valence-corrected chi connectivity index (χ1v) is 7.17. The Morgan fingerprint density at radius 3 is 2.60 bits per heavy atom. The lowest BCUT2D eigenvalue weighted by molar-refractivity contribution is 0.0217. The second-order valence-electron chi connectivity index (χ2n) is 6.20. The van der Waals surface area contributed by atoms with Crippen LogP contribution in [-0.4, -0.2) is 22.6 Å². The predicted molar refractivity (Wildman–Crippen MR) is 80.7 cm³/mol. The molecule has 20 heavy (non-hydrogen) atoms. The summed E-state index contributed by atoms with van der Waals surface area (Å²) < 4.78 is 5.46. The predicted octanol–water partition coefficient (Wildman–Crippen LogP) is 3.82. The standard InChI is InChI=1S/C15H21ClN2O2/c1-15(2,3)20-14(19)18(11-5-6-11)9-10-4-7-13(17)12(16)8-10/h4,7-8,11H,5-6,9,17H2,1-3H3. The Bertz CT molecular complexity index is 507. The molecule has 5 heteroatoms. The molecule has 2 N–H and O–H groups in total. The molecule has 2 rings (SSSR count). The number of ether oxygens (including phenoxy) is 1. The zero-order chi connectivity index (χ0) is 14.9. The van der Waals surface area contributed by atoms with Crippen molar-refractivity contribution < 1.29 is 9.53 Å². The maximum Gasteiger partial charge on any atom is 0.410 e. The van der Waals surface area contributed by atoms with Crippen LogP contribution in [0.5, 0.6) is 0 Å². The van der Waals surface area contributed by atoms with Crippen LogP contribution in [0.25, 0.3) is 0 Å². The van der Waals surface area contributed by atoms with Crippen LogP contribution in [-0.2, 0) is 11.3 Å². The van der Waals surface area contributed by atoms with Crippen LogP contribution in [0.1, 0.15) is 39.2 Å². The van der Waals surface area contributed by atoms with Crippen molar-refractivity contribution in [1.82, 2.24) is 4.90 Å². The normalized spacial score (nSPS) is 15.0. The number of nitrogen functional groups attached to an aromatic ring is 1. The molecule has 0 saturated heterocycles. The van der Waals surface area contributed by atoms with E-state index in [4.69, 9.17) is 22.1 Å². The molecule has 4 nitrogen and oxygen atoms in total. The van der Waals surface area contributed by atoms with Crippen molar-refractivity contribution in [3.05, 3.63) is 28.8 Å². The number of carbonyl (C=O) groups excluding carboxylic acids is 1. The van der Waals surface area contributed by atoms with Crippen LogP contribution in [0.4, 0.5) is 10.5 Å². The number of nitrogens with zero attached hydrogens (tertiary/aromatic N) is 1. The summed E-state index contributed by atoms with van der Waals surface area (Å²) in [6.45, 7) is 6.11. The van der Waals surface area contributed by atoms with Gasteiger partial charge in [-0.25, -0.2) is 4.79 Å². The fraction of sp³-hybridized carbons (Fsp3) is 0.533. The lowest BCUT2D eigenvalue weighted by Crippen LogP contribution is -2.37. The first kappa shape index (κ1) is 15.0. The summed E-state index contributed by atoms with van der Waals surface area (Å²) in [4.78, 5) is 14.0. The van der Waals surface area contributed by atoms with Gasteiger partial charge in [-0.2, -0.15) is 0 Å². The van der Waals surface area contributed by atoms with Gasteiger partial charge < -0.3 is 15.4 Å². The number of nitrogens with two attached hydrogens (primary N) is 1. The van der Waals surface area contributed by atoms with E-state index in [-0.39, 0.29) is 12.1 Å². The molecule has 0 spiro atoms. The Balaban J connectivity index is 2.09. The van der Waals surface area contributed by atoms with Gasteiger partial charge in [0, 0.05) is 12.6 Å². The maximum absolute atomic E-state index is 12.2. The number of hydrogen-bond acceptors (Lipinski definition) is 3. The summed E-state index contributed by atoms with van der Waals surface area (Å²) in [5.41, 5.74) is 6.72. The molecule has 0 unspecified atom stereocenters. The monoisotopic (exact) mass is 296 g/mol. The fourth-order valence-electron chi connectivity index (χ4n) is 1.92. The zero-order valence-electron chi connectivity index (χ0n) is 12.1. The molecule has 1 aliphatic rings. The highest BCUT2D eigenvalue weighted by atomic mass is 35.5. The second-order valence-corrected chi connectivity index (χ2v) is 6.60. The zero-order valence-corrected chi connectivity index (χ0v) is 12.9. The van der Waals surface area contributed by atoms with Crippen LogP contribution in [0, 0.1) is 0 Å². The molecule has 1 aromatic carbocycles. The quantitative estimate of drug-likeness (QED) is 0.863. The maximum atomic E-state index is 12.2. The van der Waals surface area contributed by atoms with Gasteiger partial charge in [0.15, 0.2) is 0 Å². The molecule has 1 aliphatic carbocycles. The van der Waals surface area contributed by atoms with E-state index >= 15 is 0 Å². The van der Waals surface area contributed by atoms with E-state index in [1.54, 1.807) is 17.0 Å². The van der Waals surface area contributed by atoms with E-state index in [1.807, 2.05) is 26.8 Å². The first-order valence-electron chi connectivity index (χ1n) is 6.80. The highest BCUT2D eigenvalue weighted by molar-refractivity contribution is 6.33. The molecular formula is C15H21ClN2O2. The summed E-state index contributed by atoms with van der Waals surface area (Å²) in [7, 11) is 0. The molecule has 0 heterocycles. The van der Waals surface area contributed by atoms with Crippen LogP contribution in [0.2, 0.25) is 5.02 Å². The Morgan fingerprint density at radius 2 is 2.10 bits per heavy atom. The SMILES string of the molecule is CC(C)(C)OC(=O)N(Cc1ccc(N)c(Cl)c1)C1CC1. The Morgan fingerprint density at radius 1 is 1.45 bits per heavy atom. The summed E-state index contributed by atoms with van der Waals surface area (Å²) in [6, 6.07) is 5.73. The minimum absolute atomic E-state index is 0.270. The van der Waals surface area contributed by atoms with Gasteiger partial charge in [-0.1, -0.05) is 17.7 Å². The van der Waals surface area contributed by atoms with Crippen LogP contribution in [0.15, 0.2) is 18.2 Å². The van der Waals surface area contributed by atoms with E-state index < -0.39 is 5.60 Å². The number of hydrogen-bond donors (Lipinski definition) is 1. The second kappa shape index (κ2) is 5.52. The van der Waals surface area contributed by atoms with Crippen LogP contribution < -0.4 is 5.73 Å². The van der Waals surface area contributed by atoms with Crippen molar-refractivity contribution in [3.63, 3.8) is 0 Å². The molecule has 0 aliphatic heterocycles. The van der Waals surface area contributed by atoms with Crippen LogP contribution >= 0.6 is 11.6 Å². The number of anilines is 1. The molecule has 1 fully saturated rings. The third-order valence-electron chi connectivity index (χ3n) is 3.03. The van der Waals surface area contributed by atoms with Gasteiger partial charge in [0.05, 0.1) is 10.7 Å². The molecule has 1 aromatic rings. The molecule has 110 valence electrons. The molecular weight excluding hydrogens is 276 g/mol. The van der Waals surface area contributed by atoms with Crippen molar-refractivity contribution in [2.24, 2.45) is 0 Å². The number of benzene rings is 1. The Kier molecular flexibility index (Phi) is 4.14. The topological polar surface area (TPSA) is 55.6 Å². The van der Waals surface area contributed by atoms with E-state index in [2.05, 4.69) is 0 Å². The number of carbonyl (C=O) groups is 1. The third-order valence-corrected chi connectivity index (χ3v) is 3.36. The summed E-state index contributed by atoms with van der Waals surface area (Å²) in [6.07, 6.45) is 1.79. The van der Waals surface area contributed by atoms with Gasteiger partial charge in [-0.3, -0.25) is 0 Å². The summed E-state index contributed by atoms with van der Waals surface area (Å²) >= 11 is 6.02. The van der Waals surface area contributed by atoms with Crippen molar-refractivity contribution in [3.8, 4) is 0 Å². The van der Waals surface area contributed by atoms with Gasteiger partial charge >= 0.3 is 6.09 Å². The minimum atomic E-state index is -0.483. The molecule has 1 amide bonds. The van der Waals surface area contributed by atoms with Gasteiger partial charge in [0.25, 0.3) is 0 Å². The average molecular weight is 297 g/mol. The third kappa shape index (κ3) is 4.04. The lowest BCUT2D eigenvalue weighted by Gasteiger charge is -2.27. The van der Waals surface area contributed by atoms with Crippen molar-refractivity contribution >= 4 is 23.4 Å². The number of amides is 1. The fourth-order valence-corrected chi connectivity index (χ4v) is 2.12. The van der Waals surface area contributed by atoms with Gasteiger partial charge in [0.2, 0.25) is 0 Å². The van der Waals surface area contributed by atoms with Crippen LogP contribution in [0.3, 0.4) is 0 Å². The molecule has 0 aromatic heterocycles. The van der Waals surface area contributed by atoms with Gasteiger partial charge in [0.1, 0.15) is 5.60 Å². The van der Waals surface area contributed by atoms with E-state index in [0.717, 1.165) is 18.4 Å². The van der Waals surface area contributed by atoms with Crippen molar-refractivity contribution in [1.29, 1.82) is 0 Å². The Labute approximate surface area is 124 Å². The first-order chi connectivity index (χ1) is 9.26.